The summed E-state index contributed by atoms with van der Waals surface area (Å²) in [6.45, 7) is 3.10. The largest absolute Gasteiger partial charge is 0.446 e. The van der Waals surface area contributed by atoms with Crippen LogP contribution >= 0.6 is 105 Å². The lowest BCUT2D eigenvalue weighted by molar-refractivity contribution is -0.754. The third kappa shape index (κ3) is 20.5. The maximum absolute atomic E-state index is 13.2. The molecule has 5 heterocycles. The molecular weight excluding hydrogens is 1730 g/mol. The molecule has 10 N–H and O–H groups in total. The molecule has 4 aromatic carbocycles. The number of anilines is 4. The van der Waals surface area contributed by atoms with E-state index in [9.17, 15) is 94.2 Å². The van der Waals surface area contributed by atoms with Gasteiger partial charge in [0.25, 0.3) is 5.71 Å². The Morgan fingerprint density at radius 1 is 0.583 bits per heavy atom. The number of hydrogen-bond donors (Lipinski definition) is 7. The van der Waals surface area contributed by atoms with E-state index in [1.54, 1.807) is 31.2 Å². The molecule has 0 aliphatic rings. The van der Waals surface area contributed by atoms with E-state index < -0.39 is 133 Å². The van der Waals surface area contributed by atoms with E-state index in [-0.39, 0.29) is 116 Å². The number of nitriles is 2. The Kier molecular flexibility index (Phi) is 28.8. The van der Waals surface area contributed by atoms with Gasteiger partial charge in [0.1, 0.15) is 78.5 Å². The number of benzene rings is 4. The lowest BCUT2D eigenvalue weighted by atomic mass is 10.2. The predicted octanol–water partition coefficient (Wildman–Crippen LogP) is 17.0. The van der Waals surface area contributed by atoms with Crippen molar-refractivity contribution < 1.29 is 93.6 Å². The van der Waals surface area contributed by atoms with Gasteiger partial charge < -0.3 is 22.5 Å². The first-order valence-electron chi connectivity index (χ1n) is 28.3. The van der Waals surface area contributed by atoms with Crippen LogP contribution in [0.25, 0.3) is 22.7 Å². The molecule has 0 amide bonds. The molecular formula is C58H44Cl8F15N18O5S4+. The predicted molar refractivity (Wildman–Crippen MR) is 376 cm³/mol. The smallest absolute Gasteiger partial charge is 0.383 e. The number of nitrogens with zero attached hydrogens (tertiary/aromatic N) is 13. The van der Waals surface area contributed by atoms with Crippen molar-refractivity contribution >= 4 is 172 Å². The molecule has 0 saturated carbocycles. The Labute approximate surface area is 649 Å². The third-order valence-corrected chi connectivity index (χ3v) is 20.2. The second kappa shape index (κ2) is 34.9. The van der Waals surface area contributed by atoms with Crippen LogP contribution in [0.4, 0.5) is 89.1 Å². The summed E-state index contributed by atoms with van der Waals surface area (Å²) in [6, 6.07) is 11.7. The van der Waals surface area contributed by atoms with Crippen LogP contribution in [-0.4, -0.2) is 126 Å². The quantitative estimate of drug-likeness (QED) is 0.0101. The van der Waals surface area contributed by atoms with Gasteiger partial charge in [-0.2, -0.15) is 96.8 Å². The fraction of sp³-hybridized carbons (Fsp3) is 0.224. The summed E-state index contributed by atoms with van der Waals surface area (Å²) in [7, 11) is -2.47. The van der Waals surface area contributed by atoms with Gasteiger partial charge in [-0.05, 0) is 82.7 Å². The van der Waals surface area contributed by atoms with Crippen LogP contribution in [0.5, 0.6) is 0 Å². The van der Waals surface area contributed by atoms with E-state index in [1.807, 2.05) is 0 Å². The number of aromatic nitrogens is 9. The van der Waals surface area contributed by atoms with Crippen LogP contribution in [0.3, 0.4) is 0 Å². The Morgan fingerprint density at radius 3 is 1.20 bits per heavy atom. The lowest BCUT2D eigenvalue weighted by Gasteiger charge is -2.16. The highest BCUT2D eigenvalue weighted by atomic mass is 35.5. The summed E-state index contributed by atoms with van der Waals surface area (Å²) in [5.74, 6) is -1.19. The molecule has 0 aliphatic heterocycles. The van der Waals surface area contributed by atoms with Crippen LogP contribution in [0, 0.1) is 28.1 Å². The van der Waals surface area contributed by atoms with Crippen molar-refractivity contribution in [1.29, 1.82) is 15.9 Å². The summed E-state index contributed by atoms with van der Waals surface area (Å²) in [4.78, 5) is 3.24. The van der Waals surface area contributed by atoms with Gasteiger partial charge in [0, 0.05) is 51.2 Å². The summed E-state index contributed by atoms with van der Waals surface area (Å²) in [5, 5.41) is 61.0. The van der Waals surface area contributed by atoms with Crippen molar-refractivity contribution in [3.05, 3.63) is 164 Å². The molecule has 0 spiro atoms. The van der Waals surface area contributed by atoms with Gasteiger partial charge in [0.05, 0.1) is 99.7 Å². The Hall–Kier alpha value is -7.98. The SMILES string of the molecule is C/C(c1nn(-c2c(Cl)cc(C(F)(F)F)cc2Cl)c(N)c1S(C)=O)=[N+](/C)O.CCS(=O)c1c(C#N)nn(-c2c(Cl)cc(C(F)(F)F)cc2Cl)c1N.CN(O)C(=N)c1nn(-c2c(Cl)cc(C(F)(F)F)cc2Cl)c(N)c1S(C)=O.N#Cc1nn(-c2c(Cl)cc(C(F)(F)F)cc2Cl)c(NCc2ccncc2)c1SC(F)(F)F. The number of rotatable bonds is 14. The molecule has 0 saturated heterocycles. The summed E-state index contributed by atoms with van der Waals surface area (Å²) < 4.78 is 235. The van der Waals surface area contributed by atoms with Crippen molar-refractivity contribution in [3.8, 4) is 34.9 Å². The van der Waals surface area contributed by atoms with Gasteiger partial charge in [-0.25, -0.2) is 23.8 Å². The summed E-state index contributed by atoms with van der Waals surface area (Å²) in [5.41, 5.74) is 7.88. The minimum Gasteiger partial charge on any atom is -0.383 e. The zero-order valence-corrected chi connectivity index (χ0v) is 63.6. The van der Waals surface area contributed by atoms with Crippen LogP contribution in [-0.2, 0) is 63.6 Å². The minimum absolute atomic E-state index is 0.00738. The third-order valence-electron chi connectivity index (χ3n) is 13.8. The van der Waals surface area contributed by atoms with E-state index >= 15 is 0 Å². The molecule has 580 valence electrons. The molecule has 0 fully saturated rings. The highest BCUT2D eigenvalue weighted by Gasteiger charge is 2.40. The molecule has 23 nitrogen and oxygen atoms in total. The molecule has 50 heteroatoms. The molecule has 3 atom stereocenters. The average Bonchev–Trinajstić information content (AvgIpc) is 1.65. The first-order valence-corrected chi connectivity index (χ1v) is 36.6. The van der Waals surface area contributed by atoms with Gasteiger partial charge in [-0.15, -0.1) is 0 Å². The molecule has 0 radical (unpaired) electrons. The number of nitrogens with two attached hydrogens (primary N) is 3. The summed E-state index contributed by atoms with van der Waals surface area (Å²) in [6.07, 6.45) is -13.1. The van der Waals surface area contributed by atoms with Gasteiger partial charge in [-0.1, -0.05) is 99.7 Å². The Bertz CT molecular complexity index is 5060. The van der Waals surface area contributed by atoms with Gasteiger partial charge >= 0.3 is 30.2 Å². The van der Waals surface area contributed by atoms with Gasteiger partial charge in [0.2, 0.25) is 0 Å². The second-order valence-electron chi connectivity index (χ2n) is 21.0. The number of hydrogen-bond acceptors (Lipinski definition) is 18. The number of nitrogen functional groups attached to an aromatic ring is 3. The topological polar surface area (TPSA) is 344 Å². The molecule has 9 rings (SSSR count). The molecule has 0 bridgehead atoms. The normalized spacial score (nSPS) is 13.0. The number of halogens is 23. The van der Waals surface area contributed by atoms with Crippen LogP contribution in [0.2, 0.25) is 40.2 Å². The number of thioether (sulfide) groups is 1. The molecule has 3 unspecified atom stereocenters. The van der Waals surface area contributed by atoms with Crippen LogP contribution in [0.1, 0.15) is 64.4 Å². The molecule has 5 aromatic heterocycles. The Morgan fingerprint density at radius 2 is 0.898 bits per heavy atom. The number of amidine groups is 1. The van der Waals surface area contributed by atoms with Crippen molar-refractivity contribution in [2.45, 2.75) is 70.2 Å². The van der Waals surface area contributed by atoms with Crippen molar-refractivity contribution in [2.75, 3.05) is 54.9 Å². The minimum atomic E-state index is -4.78. The van der Waals surface area contributed by atoms with Crippen molar-refractivity contribution in [1.82, 2.24) is 49.2 Å². The number of pyridine rings is 1. The highest BCUT2D eigenvalue weighted by Crippen LogP contribution is 2.47. The maximum Gasteiger partial charge on any atom is 0.446 e. The first-order chi connectivity index (χ1) is 49.7. The molecule has 108 heavy (non-hydrogen) atoms. The zero-order valence-electron chi connectivity index (χ0n) is 54.3. The monoisotopic (exact) mass is 1760 g/mol. The van der Waals surface area contributed by atoms with E-state index in [0.717, 1.165) is 30.5 Å². The number of alkyl halides is 15. The Balaban J connectivity index is 0.000000227. The highest BCUT2D eigenvalue weighted by molar-refractivity contribution is 8.00. The van der Waals surface area contributed by atoms with E-state index in [1.165, 1.54) is 38.9 Å². The van der Waals surface area contributed by atoms with Gasteiger partial charge in [0.15, 0.2) is 30.0 Å². The molecule has 9 aromatic rings. The van der Waals surface area contributed by atoms with Crippen molar-refractivity contribution in [2.24, 2.45) is 0 Å². The lowest BCUT2D eigenvalue weighted by Crippen LogP contribution is -2.24. The number of nitrogens with one attached hydrogen (secondary N) is 2. The van der Waals surface area contributed by atoms with Gasteiger partial charge in [-0.3, -0.25) is 33.4 Å². The fourth-order valence-electron chi connectivity index (χ4n) is 8.89. The maximum atomic E-state index is 13.2. The van der Waals surface area contributed by atoms with E-state index in [4.69, 9.17) is 121 Å². The second-order valence-corrected chi connectivity index (χ2v) is 29.7. The van der Waals surface area contributed by atoms with Crippen LogP contribution in [0.15, 0.2) is 92.6 Å². The summed E-state index contributed by atoms with van der Waals surface area (Å²) >= 11 is 47.1. The van der Waals surface area contributed by atoms with E-state index in [2.05, 4.69) is 30.7 Å². The van der Waals surface area contributed by atoms with E-state index in [0.29, 0.717) is 59.2 Å². The molecule has 0 aliphatic carbocycles. The first kappa shape index (κ1) is 88.9. The zero-order chi connectivity index (χ0) is 81.9. The standard InChI is InChI=1S/C18H9Cl2F6N5S.C14H14Cl2F3N4O2S.C13H12Cl2F3N5O2S.C13H9Cl2F3N4OS/c19-11-5-10(17(21,22)23)6-12(20)14(11)31-16(29-8-9-1-3-28-4-2-9)15(13(7-27)30-31)32-18(24,25)26;1-6(22(2)24)10-12(26(3)25)13(20)23(21-10)11-8(15)4-7(5-9(11)16)14(17,18)19;1-22(24)11(19)8-10(26(2)25)12(20)23(21-8)9-6(14)3-5(4-7(9)15)13(16,17)18;1-2-24(23)11-9(5-19)21-22(12(11)20)10-7(14)3-6(4-8(10)15)13(16,17)18/h1-6,29H,8H2;4-5,24H,20H2,1-3H3;3-4,19,24H,20H2,1-2H3;3-4H,2,20H2,1H3/q;+1;;. The fourth-order valence-corrected chi connectivity index (χ4v) is 14.7. The van der Waals surface area contributed by atoms with Crippen LogP contribution < -0.4 is 22.5 Å². The van der Waals surface area contributed by atoms with Crippen molar-refractivity contribution in [3.63, 3.8) is 0 Å². The average molecular weight is 1770 g/mol. The number of hydroxylamine groups is 3.